The normalized spacial score (nSPS) is 10.7. The van der Waals surface area contributed by atoms with Crippen LogP contribution in [0.1, 0.15) is 15.9 Å². The zero-order chi connectivity index (χ0) is 13.0. The minimum Gasteiger partial charge on any atom is -0.340 e. The number of nitrogens with zero attached hydrogens (tertiary/aromatic N) is 2. The lowest BCUT2D eigenvalue weighted by molar-refractivity contribution is 0.0786. The van der Waals surface area contributed by atoms with Crippen molar-refractivity contribution in [2.75, 3.05) is 34.2 Å². The summed E-state index contributed by atoms with van der Waals surface area (Å²) in [5.41, 5.74) is 0.951. The Hall–Kier alpha value is -1.42. The largest absolute Gasteiger partial charge is 0.340 e. The molecule has 1 amide bonds. The molecule has 4 heteroatoms. The van der Waals surface area contributed by atoms with Crippen molar-refractivity contribution in [2.45, 2.75) is 6.92 Å². The van der Waals surface area contributed by atoms with Gasteiger partial charge in [0, 0.05) is 25.7 Å². The van der Waals surface area contributed by atoms with Crippen LogP contribution in [0.3, 0.4) is 0 Å². The molecule has 1 aromatic carbocycles. The maximum Gasteiger partial charge on any atom is 0.253 e. The quantitative estimate of drug-likeness (QED) is 0.798. The molecule has 0 spiro atoms. The molecule has 0 fully saturated rings. The summed E-state index contributed by atoms with van der Waals surface area (Å²) in [6.45, 7) is 3.09. The predicted octanol–water partition coefficient (Wildman–Crippen LogP) is 1.77. The number of rotatable bonds is 4. The molecular formula is C13H19FN2O. The second kappa shape index (κ2) is 5.77. The zero-order valence-electron chi connectivity index (χ0n) is 10.8. The maximum atomic E-state index is 13.3. The topological polar surface area (TPSA) is 23.6 Å². The van der Waals surface area contributed by atoms with Crippen molar-refractivity contribution in [3.63, 3.8) is 0 Å². The van der Waals surface area contributed by atoms with Crippen molar-refractivity contribution in [1.82, 2.24) is 9.80 Å². The van der Waals surface area contributed by atoms with E-state index < -0.39 is 0 Å². The molecule has 1 rings (SSSR count). The van der Waals surface area contributed by atoms with E-state index in [4.69, 9.17) is 0 Å². The molecule has 17 heavy (non-hydrogen) atoms. The van der Waals surface area contributed by atoms with E-state index in [2.05, 4.69) is 0 Å². The van der Waals surface area contributed by atoms with Crippen LogP contribution in [0.5, 0.6) is 0 Å². The number of likely N-dealkylation sites (N-methyl/N-ethyl adjacent to an activating group) is 2. The molecule has 94 valence electrons. The van der Waals surface area contributed by atoms with Gasteiger partial charge in [-0.1, -0.05) is 6.07 Å². The van der Waals surface area contributed by atoms with Crippen LogP contribution in [-0.2, 0) is 0 Å². The number of hydrogen-bond donors (Lipinski definition) is 0. The molecule has 0 aliphatic heterocycles. The summed E-state index contributed by atoms with van der Waals surface area (Å²) >= 11 is 0. The van der Waals surface area contributed by atoms with E-state index in [1.54, 1.807) is 31.0 Å². The van der Waals surface area contributed by atoms with Gasteiger partial charge in [0.25, 0.3) is 5.91 Å². The Balaban J connectivity index is 2.71. The Morgan fingerprint density at radius 1 is 1.24 bits per heavy atom. The number of benzene rings is 1. The number of carbonyl (C=O) groups excluding carboxylic acids is 1. The lowest BCUT2D eigenvalue weighted by atomic mass is 10.1. The Morgan fingerprint density at radius 3 is 2.41 bits per heavy atom. The van der Waals surface area contributed by atoms with Crippen LogP contribution < -0.4 is 0 Å². The molecule has 0 N–H and O–H groups in total. The fourth-order valence-electron chi connectivity index (χ4n) is 1.40. The summed E-state index contributed by atoms with van der Waals surface area (Å²) in [7, 11) is 5.62. The summed E-state index contributed by atoms with van der Waals surface area (Å²) in [4.78, 5) is 15.6. The lowest BCUT2D eigenvalue weighted by Gasteiger charge is -2.19. The van der Waals surface area contributed by atoms with Gasteiger partial charge in [-0.2, -0.15) is 0 Å². The second-order valence-electron chi connectivity index (χ2n) is 4.49. The van der Waals surface area contributed by atoms with Crippen LogP contribution in [0.15, 0.2) is 18.2 Å². The van der Waals surface area contributed by atoms with E-state index in [0.717, 1.165) is 6.54 Å². The third-order valence-corrected chi connectivity index (χ3v) is 2.65. The van der Waals surface area contributed by atoms with Gasteiger partial charge in [0.1, 0.15) is 5.82 Å². The number of aryl methyl sites for hydroxylation is 1. The average Bonchev–Trinajstić information content (AvgIpc) is 2.28. The molecule has 0 atom stereocenters. The van der Waals surface area contributed by atoms with Crippen LogP contribution in [0.2, 0.25) is 0 Å². The highest BCUT2D eigenvalue weighted by Crippen LogP contribution is 2.10. The predicted molar refractivity (Wildman–Crippen MR) is 66.7 cm³/mol. The van der Waals surface area contributed by atoms with Gasteiger partial charge in [0.05, 0.1) is 0 Å². The van der Waals surface area contributed by atoms with Crippen molar-refractivity contribution < 1.29 is 9.18 Å². The van der Waals surface area contributed by atoms with E-state index in [1.165, 1.54) is 6.07 Å². The Bertz CT molecular complexity index is 404. The van der Waals surface area contributed by atoms with Crippen LogP contribution in [0, 0.1) is 12.7 Å². The monoisotopic (exact) mass is 238 g/mol. The Labute approximate surface area is 102 Å². The first-order valence-electron chi connectivity index (χ1n) is 5.58. The molecule has 0 saturated carbocycles. The minimum absolute atomic E-state index is 0.147. The first-order chi connectivity index (χ1) is 7.91. The summed E-state index contributed by atoms with van der Waals surface area (Å²) in [5.74, 6) is -0.484. The van der Waals surface area contributed by atoms with Gasteiger partial charge in [-0.15, -0.1) is 0 Å². The van der Waals surface area contributed by atoms with Crippen molar-refractivity contribution in [3.8, 4) is 0 Å². The Kier molecular flexibility index (Phi) is 4.63. The van der Waals surface area contributed by atoms with Gasteiger partial charge in [0.2, 0.25) is 0 Å². The molecule has 1 aromatic rings. The van der Waals surface area contributed by atoms with Gasteiger partial charge < -0.3 is 9.80 Å². The van der Waals surface area contributed by atoms with Crippen molar-refractivity contribution in [2.24, 2.45) is 0 Å². The van der Waals surface area contributed by atoms with E-state index in [9.17, 15) is 9.18 Å². The zero-order valence-corrected chi connectivity index (χ0v) is 10.8. The van der Waals surface area contributed by atoms with Crippen molar-refractivity contribution in [1.29, 1.82) is 0 Å². The molecular weight excluding hydrogens is 219 g/mol. The fourth-order valence-corrected chi connectivity index (χ4v) is 1.40. The molecule has 0 aliphatic rings. The van der Waals surface area contributed by atoms with Gasteiger partial charge in [-0.3, -0.25) is 4.79 Å². The van der Waals surface area contributed by atoms with Crippen LogP contribution in [0.4, 0.5) is 4.39 Å². The van der Waals surface area contributed by atoms with Crippen molar-refractivity contribution in [3.05, 3.63) is 35.1 Å². The first kappa shape index (κ1) is 13.6. The number of hydrogen-bond acceptors (Lipinski definition) is 2. The smallest absolute Gasteiger partial charge is 0.253 e. The van der Waals surface area contributed by atoms with Gasteiger partial charge in [-0.25, -0.2) is 4.39 Å². The SMILES string of the molecule is Cc1ccc(C(=O)N(C)CCN(C)C)cc1F. The molecule has 0 unspecified atom stereocenters. The summed E-state index contributed by atoms with van der Waals surface area (Å²) in [6, 6.07) is 4.58. The van der Waals surface area contributed by atoms with Gasteiger partial charge >= 0.3 is 0 Å². The summed E-state index contributed by atoms with van der Waals surface area (Å²) < 4.78 is 13.3. The van der Waals surface area contributed by atoms with E-state index >= 15 is 0 Å². The van der Waals surface area contributed by atoms with Crippen LogP contribution in [0.25, 0.3) is 0 Å². The van der Waals surface area contributed by atoms with Crippen LogP contribution >= 0.6 is 0 Å². The molecule has 3 nitrogen and oxygen atoms in total. The molecule has 0 radical (unpaired) electrons. The Morgan fingerprint density at radius 2 is 1.88 bits per heavy atom. The summed E-state index contributed by atoms with van der Waals surface area (Å²) in [6.07, 6.45) is 0. The molecule has 0 heterocycles. The van der Waals surface area contributed by atoms with Crippen LogP contribution in [-0.4, -0.2) is 49.9 Å². The standard InChI is InChI=1S/C13H19FN2O/c1-10-5-6-11(9-12(10)14)13(17)16(4)8-7-15(2)3/h5-6,9H,7-8H2,1-4H3. The highest BCUT2D eigenvalue weighted by atomic mass is 19.1. The number of carbonyl (C=O) groups is 1. The third kappa shape index (κ3) is 3.82. The average molecular weight is 238 g/mol. The number of halogens is 1. The van der Waals surface area contributed by atoms with Gasteiger partial charge in [-0.05, 0) is 38.7 Å². The molecule has 0 aromatic heterocycles. The number of amides is 1. The second-order valence-corrected chi connectivity index (χ2v) is 4.49. The minimum atomic E-state index is -0.336. The highest BCUT2D eigenvalue weighted by molar-refractivity contribution is 5.94. The molecule has 0 saturated heterocycles. The van der Waals surface area contributed by atoms with E-state index in [-0.39, 0.29) is 11.7 Å². The fraction of sp³-hybridized carbons (Fsp3) is 0.462. The first-order valence-corrected chi connectivity index (χ1v) is 5.58. The summed E-state index contributed by atoms with van der Waals surface area (Å²) in [5, 5.41) is 0. The maximum absolute atomic E-state index is 13.3. The van der Waals surface area contributed by atoms with E-state index in [0.29, 0.717) is 17.7 Å². The molecule has 0 bridgehead atoms. The van der Waals surface area contributed by atoms with Gasteiger partial charge in [0.15, 0.2) is 0 Å². The van der Waals surface area contributed by atoms with E-state index in [1.807, 2.05) is 19.0 Å². The third-order valence-electron chi connectivity index (χ3n) is 2.65. The lowest BCUT2D eigenvalue weighted by Crippen LogP contribution is -2.33. The molecule has 0 aliphatic carbocycles. The highest BCUT2D eigenvalue weighted by Gasteiger charge is 2.12. The van der Waals surface area contributed by atoms with Crippen molar-refractivity contribution >= 4 is 5.91 Å².